The van der Waals surface area contributed by atoms with Crippen LogP contribution in [0.15, 0.2) is 10.5 Å². The van der Waals surface area contributed by atoms with Crippen molar-refractivity contribution in [2.45, 2.75) is 52.0 Å². The quantitative estimate of drug-likeness (QED) is 0.722. The molecule has 1 amide bonds. The highest BCUT2D eigenvalue weighted by Gasteiger charge is 2.22. The number of amides is 1. The number of hydrogen-bond acceptors (Lipinski definition) is 4. The van der Waals surface area contributed by atoms with Crippen molar-refractivity contribution in [1.82, 2.24) is 10.2 Å². The molecule has 1 saturated heterocycles. The Kier molecular flexibility index (Phi) is 6.46. The Labute approximate surface area is 132 Å². The van der Waals surface area contributed by atoms with Crippen LogP contribution in [0.2, 0.25) is 0 Å². The maximum absolute atomic E-state index is 12.1. The second-order valence-corrected chi connectivity index (χ2v) is 6.06. The molecule has 0 aliphatic carbocycles. The van der Waals surface area contributed by atoms with Crippen LogP contribution in [-0.4, -0.2) is 48.2 Å². The summed E-state index contributed by atoms with van der Waals surface area (Å²) >= 11 is 0. The van der Waals surface area contributed by atoms with E-state index in [2.05, 4.69) is 10.2 Å². The lowest BCUT2D eigenvalue weighted by Crippen LogP contribution is -2.33. The van der Waals surface area contributed by atoms with E-state index in [1.165, 1.54) is 6.42 Å². The first-order valence-electron chi connectivity index (χ1n) is 8.38. The van der Waals surface area contributed by atoms with Crippen LogP contribution in [0.25, 0.3) is 0 Å². The van der Waals surface area contributed by atoms with Crippen LogP contribution in [0, 0.1) is 6.92 Å². The van der Waals surface area contributed by atoms with Gasteiger partial charge in [0.1, 0.15) is 5.76 Å². The lowest BCUT2D eigenvalue weighted by atomic mass is 10.2. The van der Waals surface area contributed by atoms with Gasteiger partial charge in [0.05, 0.1) is 6.61 Å². The zero-order chi connectivity index (χ0) is 15.9. The van der Waals surface area contributed by atoms with Gasteiger partial charge in [0, 0.05) is 24.6 Å². The van der Waals surface area contributed by atoms with Crippen molar-refractivity contribution in [3.8, 4) is 0 Å². The molecule has 5 nitrogen and oxygen atoms in total. The van der Waals surface area contributed by atoms with Crippen LogP contribution in [0.5, 0.6) is 0 Å². The fourth-order valence-electron chi connectivity index (χ4n) is 3.07. The predicted octanol–water partition coefficient (Wildman–Crippen LogP) is 2.12. The Bertz CT molecular complexity index is 484. The van der Waals surface area contributed by atoms with Gasteiger partial charge in [0.2, 0.25) is 0 Å². The predicted molar refractivity (Wildman–Crippen MR) is 86.1 cm³/mol. The van der Waals surface area contributed by atoms with Gasteiger partial charge in [-0.05, 0) is 51.8 Å². The van der Waals surface area contributed by atoms with Gasteiger partial charge in [-0.2, -0.15) is 0 Å². The third kappa shape index (κ3) is 4.34. The minimum Gasteiger partial charge on any atom is -0.456 e. The molecule has 2 heterocycles. The van der Waals surface area contributed by atoms with E-state index >= 15 is 0 Å². The van der Waals surface area contributed by atoms with Gasteiger partial charge in [0.25, 0.3) is 5.91 Å². The molecule has 0 saturated carbocycles. The fraction of sp³-hybridized carbons (Fsp3) is 0.706. The van der Waals surface area contributed by atoms with Crippen molar-refractivity contribution in [2.75, 3.05) is 26.2 Å². The molecule has 1 atom stereocenters. The number of unbranched alkanes of at least 4 members (excludes halogenated alkanes) is 1. The van der Waals surface area contributed by atoms with Crippen molar-refractivity contribution in [2.24, 2.45) is 0 Å². The monoisotopic (exact) mass is 308 g/mol. The Morgan fingerprint density at radius 2 is 2.32 bits per heavy atom. The number of carbonyl (C=O) groups excluding carboxylic acids is 1. The van der Waals surface area contributed by atoms with Crippen LogP contribution in [0.4, 0.5) is 0 Å². The summed E-state index contributed by atoms with van der Waals surface area (Å²) in [6, 6.07) is 2.27. The van der Waals surface area contributed by atoms with E-state index in [0.717, 1.165) is 50.1 Å². The molecule has 124 valence electrons. The zero-order valence-electron chi connectivity index (χ0n) is 13.7. The molecular weight excluding hydrogens is 280 g/mol. The molecule has 1 aliphatic rings. The number of aryl methyl sites for hydroxylation is 2. The van der Waals surface area contributed by atoms with Gasteiger partial charge in [-0.3, -0.25) is 9.69 Å². The van der Waals surface area contributed by atoms with Gasteiger partial charge >= 0.3 is 0 Å². The molecule has 1 aromatic heterocycles. The molecule has 5 heteroatoms. The number of aliphatic hydroxyl groups is 1. The molecule has 0 spiro atoms. The highest BCUT2D eigenvalue weighted by molar-refractivity contribution is 5.92. The number of carbonyl (C=O) groups is 1. The molecule has 0 bridgehead atoms. The molecule has 1 aliphatic heterocycles. The average molecular weight is 308 g/mol. The van der Waals surface area contributed by atoms with Crippen LogP contribution < -0.4 is 5.32 Å². The van der Waals surface area contributed by atoms with Crippen molar-refractivity contribution < 1.29 is 14.3 Å². The van der Waals surface area contributed by atoms with E-state index in [9.17, 15) is 9.90 Å². The first-order valence-corrected chi connectivity index (χ1v) is 8.38. The average Bonchev–Trinajstić information content (AvgIpc) is 3.12. The number of nitrogens with one attached hydrogen (secondary N) is 1. The van der Waals surface area contributed by atoms with Gasteiger partial charge < -0.3 is 14.8 Å². The molecule has 0 aromatic carbocycles. The van der Waals surface area contributed by atoms with Crippen molar-refractivity contribution >= 4 is 5.91 Å². The first-order chi connectivity index (χ1) is 10.7. The molecule has 1 aromatic rings. The zero-order valence-corrected chi connectivity index (χ0v) is 13.7. The van der Waals surface area contributed by atoms with Crippen molar-refractivity contribution in [1.29, 1.82) is 0 Å². The summed E-state index contributed by atoms with van der Waals surface area (Å²) in [5, 5.41) is 12.2. The molecule has 1 fully saturated rings. The highest BCUT2D eigenvalue weighted by atomic mass is 16.4. The minimum atomic E-state index is -0.119. The summed E-state index contributed by atoms with van der Waals surface area (Å²) in [6.45, 7) is 6.92. The summed E-state index contributed by atoms with van der Waals surface area (Å²) in [4.78, 5) is 14.4. The molecule has 2 N–H and O–H groups in total. The number of nitrogens with zero attached hydrogens (tertiary/aromatic N) is 1. The van der Waals surface area contributed by atoms with E-state index in [1.54, 1.807) is 0 Å². The van der Waals surface area contributed by atoms with Crippen molar-refractivity contribution in [3.05, 3.63) is 23.2 Å². The second kappa shape index (κ2) is 8.34. The molecule has 0 radical (unpaired) electrons. The maximum atomic E-state index is 12.1. The lowest BCUT2D eigenvalue weighted by Gasteiger charge is -2.22. The van der Waals surface area contributed by atoms with E-state index in [-0.39, 0.29) is 12.5 Å². The number of rotatable bonds is 8. The lowest BCUT2D eigenvalue weighted by molar-refractivity contribution is 0.0922. The normalized spacial score (nSPS) is 18.8. The smallest absolute Gasteiger partial charge is 0.287 e. The second-order valence-electron chi connectivity index (χ2n) is 6.06. The summed E-state index contributed by atoms with van der Waals surface area (Å²) < 4.78 is 5.54. The topological polar surface area (TPSA) is 65.7 Å². The maximum Gasteiger partial charge on any atom is 0.287 e. The number of hydrogen-bond donors (Lipinski definition) is 2. The Morgan fingerprint density at radius 3 is 3.00 bits per heavy atom. The molecule has 1 unspecified atom stereocenters. The Balaban J connectivity index is 1.66. The van der Waals surface area contributed by atoms with E-state index < -0.39 is 0 Å². The molecule has 2 rings (SSSR count). The van der Waals surface area contributed by atoms with E-state index in [4.69, 9.17) is 4.42 Å². The number of aliphatic hydroxyl groups excluding tert-OH is 1. The van der Waals surface area contributed by atoms with Gasteiger partial charge in [-0.1, -0.05) is 6.92 Å². The third-order valence-electron chi connectivity index (χ3n) is 4.39. The van der Waals surface area contributed by atoms with E-state index in [0.29, 0.717) is 18.3 Å². The first kappa shape index (κ1) is 17.0. The number of furan rings is 1. The summed E-state index contributed by atoms with van der Waals surface area (Å²) in [5.41, 5.74) is 0.900. The fourth-order valence-corrected chi connectivity index (χ4v) is 3.07. The van der Waals surface area contributed by atoms with Crippen LogP contribution in [0.3, 0.4) is 0 Å². The Hall–Kier alpha value is -1.33. The van der Waals surface area contributed by atoms with E-state index in [1.807, 2.05) is 19.9 Å². The van der Waals surface area contributed by atoms with Crippen LogP contribution in [0.1, 0.15) is 54.5 Å². The SMILES string of the molecule is CCc1cc(C)c(C(=O)NCCCCN2CCCC2CO)o1. The minimum absolute atomic E-state index is 0.119. The molecular formula is C17H28N2O3. The van der Waals surface area contributed by atoms with Crippen LogP contribution >= 0.6 is 0 Å². The van der Waals surface area contributed by atoms with Gasteiger partial charge in [-0.25, -0.2) is 0 Å². The largest absolute Gasteiger partial charge is 0.456 e. The molecule has 22 heavy (non-hydrogen) atoms. The van der Waals surface area contributed by atoms with Crippen molar-refractivity contribution in [3.63, 3.8) is 0 Å². The van der Waals surface area contributed by atoms with Crippen LogP contribution in [-0.2, 0) is 6.42 Å². The highest BCUT2D eigenvalue weighted by Crippen LogP contribution is 2.17. The summed E-state index contributed by atoms with van der Waals surface area (Å²) in [7, 11) is 0. The van der Waals surface area contributed by atoms with Gasteiger partial charge in [-0.15, -0.1) is 0 Å². The Morgan fingerprint density at radius 1 is 1.50 bits per heavy atom. The number of likely N-dealkylation sites (tertiary alicyclic amines) is 1. The van der Waals surface area contributed by atoms with Gasteiger partial charge in [0.15, 0.2) is 5.76 Å². The summed E-state index contributed by atoms with van der Waals surface area (Å²) in [6.07, 6.45) is 5.06. The third-order valence-corrected chi connectivity index (χ3v) is 4.39. The standard InChI is InChI=1S/C17H28N2O3/c1-3-15-11-13(2)16(22-15)17(21)18-8-4-5-9-19-10-6-7-14(19)12-20/h11,14,20H,3-10,12H2,1-2H3,(H,18,21). The summed E-state index contributed by atoms with van der Waals surface area (Å²) in [5.74, 6) is 1.18.